The minimum absolute atomic E-state index is 0.351. The lowest BCUT2D eigenvalue weighted by atomic mass is 9.83. The lowest BCUT2D eigenvalue weighted by Gasteiger charge is -2.38. The van der Waals surface area contributed by atoms with Crippen LogP contribution in [-0.2, 0) is 12.0 Å². The van der Waals surface area contributed by atoms with E-state index in [0.717, 1.165) is 5.56 Å². The molecule has 2 rings (SSSR count). The van der Waals surface area contributed by atoms with Crippen LogP contribution in [0.4, 0.5) is 13.2 Å². The molecular weight excluding hydrogens is 203 g/mol. The molecule has 0 aromatic heterocycles. The molecule has 4 heteroatoms. The minimum Gasteiger partial charge on any atom is -0.300 e. The number of halogens is 3. The first-order chi connectivity index (χ1) is 6.95. The third-order valence-corrected chi connectivity index (χ3v) is 3.00. The summed E-state index contributed by atoms with van der Waals surface area (Å²) in [7, 11) is 0. The van der Waals surface area contributed by atoms with E-state index in [9.17, 15) is 13.2 Å². The van der Waals surface area contributed by atoms with E-state index >= 15 is 0 Å². The molecule has 15 heavy (non-hydrogen) atoms. The second kappa shape index (κ2) is 3.23. The third-order valence-electron chi connectivity index (χ3n) is 3.00. The predicted octanol–water partition coefficient (Wildman–Crippen LogP) is 2.61. The molecule has 0 saturated heterocycles. The standard InChI is InChI=1S/C11H12F3N/c1-10(11(12,13)14)9-5-3-2-4-8(9)6-7-15-10/h2-5,15H,6-7H2,1H3/t10-/m0/s1. The first-order valence-electron chi connectivity index (χ1n) is 4.85. The maximum atomic E-state index is 12.9. The third kappa shape index (κ3) is 1.53. The monoisotopic (exact) mass is 215 g/mol. The normalized spacial score (nSPS) is 26.1. The SMILES string of the molecule is C[C@]1(C(F)(F)F)NCCc2ccccc21. The fourth-order valence-electron chi connectivity index (χ4n) is 2.02. The Kier molecular flexibility index (Phi) is 2.26. The zero-order chi connectivity index (χ0) is 11.1. The zero-order valence-electron chi connectivity index (χ0n) is 8.36. The highest BCUT2D eigenvalue weighted by atomic mass is 19.4. The quantitative estimate of drug-likeness (QED) is 0.701. The summed E-state index contributed by atoms with van der Waals surface area (Å²) >= 11 is 0. The van der Waals surface area contributed by atoms with Gasteiger partial charge in [0.2, 0.25) is 0 Å². The molecule has 1 heterocycles. The second-order valence-electron chi connectivity index (χ2n) is 3.96. The van der Waals surface area contributed by atoms with Crippen molar-refractivity contribution in [3.05, 3.63) is 35.4 Å². The number of alkyl halides is 3. The molecule has 82 valence electrons. The highest BCUT2D eigenvalue weighted by molar-refractivity contribution is 5.37. The molecule has 0 bridgehead atoms. The Morgan fingerprint density at radius 2 is 1.93 bits per heavy atom. The van der Waals surface area contributed by atoms with Crippen molar-refractivity contribution in [1.29, 1.82) is 0 Å². The molecule has 0 saturated carbocycles. The van der Waals surface area contributed by atoms with E-state index in [2.05, 4.69) is 5.32 Å². The lowest BCUT2D eigenvalue weighted by Crippen LogP contribution is -2.55. The van der Waals surface area contributed by atoms with Crippen LogP contribution in [0.2, 0.25) is 0 Å². The van der Waals surface area contributed by atoms with E-state index in [1.165, 1.54) is 6.92 Å². The summed E-state index contributed by atoms with van der Waals surface area (Å²) < 4.78 is 38.8. The van der Waals surface area contributed by atoms with Gasteiger partial charge in [-0.25, -0.2) is 0 Å². The molecule has 0 radical (unpaired) electrons. The molecule has 0 spiro atoms. The van der Waals surface area contributed by atoms with Gasteiger partial charge in [-0.05, 0) is 24.5 Å². The van der Waals surface area contributed by atoms with E-state index in [-0.39, 0.29) is 0 Å². The van der Waals surface area contributed by atoms with Crippen molar-refractivity contribution in [1.82, 2.24) is 5.32 Å². The number of rotatable bonds is 0. The second-order valence-corrected chi connectivity index (χ2v) is 3.96. The Hall–Kier alpha value is -1.03. The van der Waals surface area contributed by atoms with Crippen LogP contribution >= 0.6 is 0 Å². The van der Waals surface area contributed by atoms with Gasteiger partial charge in [-0.15, -0.1) is 0 Å². The van der Waals surface area contributed by atoms with E-state index in [4.69, 9.17) is 0 Å². The number of fused-ring (bicyclic) bond motifs is 1. The van der Waals surface area contributed by atoms with Crippen molar-refractivity contribution in [3.8, 4) is 0 Å². The maximum absolute atomic E-state index is 12.9. The summed E-state index contributed by atoms with van der Waals surface area (Å²) in [5, 5.41) is 2.57. The van der Waals surface area contributed by atoms with E-state index in [1.807, 2.05) is 0 Å². The van der Waals surface area contributed by atoms with Gasteiger partial charge < -0.3 is 0 Å². The van der Waals surface area contributed by atoms with Gasteiger partial charge in [-0.2, -0.15) is 13.2 Å². The molecule has 0 amide bonds. The van der Waals surface area contributed by atoms with Crippen molar-refractivity contribution in [2.45, 2.75) is 25.1 Å². The molecule has 1 aliphatic heterocycles. The average Bonchev–Trinajstić information content (AvgIpc) is 2.17. The van der Waals surface area contributed by atoms with Gasteiger partial charge in [-0.3, -0.25) is 5.32 Å². The molecule has 1 aromatic rings. The Morgan fingerprint density at radius 3 is 2.60 bits per heavy atom. The van der Waals surface area contributed by atoms with Crippen molar-refractivity contribution in [2.75, 3.05) is 6.54 Å². The molecule has 1 N–H and O–H groups in total. The molecule has 1 aromatic carbocycles. The van der Waals surface area contributed by atoms with Crippen molar-refractivity contribution in [2.24, 2.45) is 0 Å². The van der Waals surface area contributed by atoms with Crippen LogP contribution in [0.15, 0.2) is 24.3 Å². The molecule has 0 aliphatic carbocycles. The molecule has 1 atom stereocenters. The summed E-state index contributed by atoms with van der Waals surface area (Å²) in [6.45, 7) is 1.57. The Balaban J connectivity index is 2.55. The first kappa shape index (κ1) is 10.5. The van der Waals surface area contributed by atoms with Crippen LogP contribution in [0, 0.1) is 0 Å². The Labute approximate surface area is 86.3 Å². The highest BCUT2D eigenvalue weighted by Crippen LogP contribution is 2.41. The Bertz CT molecular complexity index is 372. The largest absolute Gasteiger partial charge is 0.410 e. The summed E-state index contributed by atoms with van der Waals surface area (Å²) in [6.07, 6.45) is -3.61. The van der Waals surface area contributed by atoms with Gasteiger partial charge in [0.05, 0.1) is 0 Å². The van der Waals surface area contributed by atoms with E-state index in [0.29, 0.717) is 18.5 Å². The van der Waals surface area contributed by atoms with Gasteiger partial charge in [0, 0.05) is 6.54 Å². The van der Waals surface area contributed by atoms with Gasteiger partial charge >= 0.3 is 6.18 Å². The minimum atomic E-state index is -4.26. The summed E-state index contributed by atoms with van der Waals surface area (Å²) in [6, 6.07) is 6.74. The van der Waals surface area contributed by atoms with Gasteiger partial charge in [-0.1, -0.05) is 24.3 Å². The van der Waals surface area contributed by atoms with E-state index in [1.54, 1.807) is 24.3 Å². The fourth-order valence-corrected chi connectivity index (χ4v) is 2.02. The number of hydrogen-bond acceptors (Lipinski definition) is 1. The van der Waals surface area contributed by atoms with E-state index < -0.39 is 11.7 Å². The average molecular weight is 215 g/mol. The molecular formula is C11H12F3N. The number of nitrogens with one attached hydrogen (secondary N) is 1. The molecule has 1 aliphatic rings. The van der Waals surface area contributed by atoms with Crippen molar-refractivity contribution in [3.63, 3.8) is 0 Å². The first-order valence-corrected chi connectivity index (χ1v) is 4.85. The van der Waals surface area contributed by atoms with Crippen molar-refractivity contribution < 1.29 is 13.2 Å². The topological polar surface area (TPSA) is 12.0 Å². The van der Waals surface area contributed by atoms with Crippen LogP contribution in [0.1, 0.15) is 18.1 Å². The van der Waals surface area contributed by atoms with Gasteiger partial charge in [0.1, 0.15) is 5.54 Å². The van der Waals surface area contributed by atoms with Crippen LogP contribution in [0.5, 0.6) is 0 Å². The van der Waals surface area contributed by atoms with Crippen molar-refractivity contribution >= 4 is 0 Å². The van der Waals surface area contributed by atoms with Gasteiger partial charge in [0.15, 0.2) is 0 Å². The molecule has 0 unspecified atom stereocenters. The smallest absolute Gasteiger partial charge is 0.300 e. The highest BCUT2D eigenvalue weighted by Gasteiger charge is 2.53. The molecule has 0 fully saturated rings. The van der Waals surface area contributed by atoms with Crippen LogP contribution in [0.25, 0.3) is 0 Å². The predicted molar refractivity (Wildman–Crippen MR) is 51.6 cm³/mol. The molecule has 1 nitrogen and oxygen atoms in total. The fraction of sp³-hybridized carbons (Fsp3) is 0.455. The zero-order valence-corrected chi connectivity index (χ0v) is 8.36. The lowest BCUT2D eigenvalue weighted by molar-refractivity contribution is -0.196. The number of benzene rings is 1. The van der Waals surface area contributed by atoms with Gasteiger partial charge in [0.25, 0.3) is 0 Å². The van der Waals surface area contributed by atoms with Crippen LogP contribution < -0.4 is 5.32 Å². The Morgan fingerprint density at radius 1 is 1.27 bits per heavy atom. The van der Waals surface area contributed by atoms with Crippen LogP contribution in [0.3, 0.4) is 0 Å². The summed E-state index contributed by atoms with van der Waals surface area (Å²) in [5.74, 6) is 0. The van der Waals surface area contributed by atoms with Crippen LogP contribution in [-0.4, -0.2) is 12.7 Å². The summed E-state index contributed by atoms with van der Waals surface area (Å²) in [4.78, 5) is 0. The summed E-state index contributed by atoms with van der Waals surface area (Å²) in [5.41, 5.74) is -0.762. The number of hydrogen-bond donors (Lipinski definition) is 1. The maximum Gasteiger partial charge on any atom is 0.410 e.